The number of aryl methyl sites for hydroxylation is 2. The van der Waals surface area contributed by atoms with Crippen LogP contribution < -0.4 is 15.7 Å². The summed E-state index contributed by atoms with van der Waals surface area (Å²) >= 11 is 1.57. The van der Waals surface area contributed by atoms with E-state index in [9.17, 15) is 23.6 Å². The number of alkyl carbamates (subject to hydrolysis) is 1. The zero-order valence-corrected chi connectivity index (χ0v) is 24.9. The van der Waals surface area contributed by atoms with Crippen molar-refractivity contribution < 1.29 is 32.7 Å². The summed E-state index contributed by atoms with van der Waals surface area (Å²) in [4.78, 5) is 46.8. The summed E-state index contributed by atoms with van der Waals surface area (Å²) in [7, 11) is 1.29. The van der Waals surface area contributed by atoms with Gasteiger partial charge in [0.25, 0.3) is 0 Å². The number of rotatable bonds is 11. The molecule has 2 heterocycles. The van der Waals surface area contributed by atoms with Crippen molar-refractivity contribution in [2.24, 2.45) is 5.92 Å². The van der Waals surface area contributed by atoms with Crippen LogP contribution in [0, 0.1) is 12.8 Å². The van der Waals surface area contributed by atoms with Crippen molar-refractivity contribution in [3.63, 3.8) is 0 Å². The van der Waals surface area contributed by atoms with E-state index >= 15 is 0 Å². The molecule has 3 aromatic rings. The maximum absolute atomic E-state index is 12.4. The molecule has 0 saturated heterocycles. The highest BCUT2D eigenvalue weighted by Crippen LogP contribution is 2.30. The minimum atomic E-state index is -1.43. The summed E-state index contributed by atoms with van der Waals surface area (Å²) in [6.45, 7) is 9.29. The Morgan fingerprint density at radius 1 is 1.10 bits per heavy atom. The number of allylic oxidation sites excluding steroid dienone is 1. The minimum Gasteiger partial charge on any atom is -0.453 e. The van der Waals surface area contributed by atoms with E-state index in [-0.39, 0.29) is 28.7 Å². The molecule has 1 N–H and O–H groups in total. The highest BCUT2D eigenvalue weighted by molar-refractivity contribution is 7.13. The highest BCUT2D eigenvalue weighted by atomic mass is 32.1. The number of hydrogen-bond donors (Lipinski definition) is 1. The lowest BCUT2D eigenvalue weighted by atomic mass is 9.96. The average Bonchev–Trinajstić information content (AvgIpc) is 3.40. The van der Waals surface area contributed by atoms with Gasteiger partial charge in [-0.2, -0.15) is 4.39 Å². The lowest BCUT2D eigenvalue weighted by Crippen LogP contribution is -2.21. The SMILES string of the molecule is CCc1ccc(Oc2ccc(C(=O)F)cc2)s1.COC(=O)N/C=C/CCC(C)c1cc(C)c(C(=O)C(C)C)c(=O)o1. The van der Waals surface area contributed by atoms with E-state index in [0.717, 1.165) is 17.9 Å². The van der Waals surface area contributed by atoms with E-state index in [1.165, 1.54) is 30.3 Å². The number of ether oxygens (including phenoxy) is 2. The van der Waals surface area contributed by atoms with Crippen molar-refractivity contribution in [3.8, 4) is 10.8 Å². The second-order valence-corrected chi connectivity index (χ2v) is 10.6. The molecule has 10 heteroatoms. The predicted octanol–water partition coefficient (Wildman–Crippen LogP) is 7.75. The van der Waals surface area contributed by atoms with Gasteiger partial charge in [0.15, 0.2) is 10.8 Å². The van der Waals surface area contributed by atoms with Gasteiger partial charge in [-0.1, -0.05) is 33.8 Å². The van der Waals surface area contributed by atoms with Gasteiger partial charge in [0.2, 0.25) is 0 Å². The Hall–Kier alpha value is -4.05. The number of amides is 1. The van der Waals surface area contributed by atoms with Crippen LogP contribution in [0.1, 0.15) is 83.4 Å². The Morgan fingerprint density at radius 2 is 1.78 bits per heavy atom. The summed E-state index contributed by atoms with van der Waals surface area (Å²) in [5.74, 6) is 0.730. The quantitative estimate of drug-likeness (QED) is 0.181. The maximum Gasteiger partial charge on any atom is 0.410 e. The van der Waals surface area contributed by atoms with Gasteiger partial charge in [-0.15, -0.1) is 11.3 Å². The van der Waals surface area contributed by atoms with Gasteiger partial charge in [0.1, 0.15) is 17.1 Å². The Balaban J connectivity index is 0.000000303. The van der Waals surface area contributed by atoms with E-state index in [2.05, 4.69) is 17.0 Å². The molecule has 8 nitrogen and oxygen atoms in total. The van der Waals surface area contributed by atoms with Crippen LogP contribution in [0.5, 0.6) is 10.8 Å². The third-order valence-corrected chi connectivity index (χ3v) is 7.09. The number of hydrogen-bond acceptors (Lipinski definition) is 8. The minimum absolute atomic E-state index is 0.0161. The zero-order valence-electron chi connectivity index (χ0n) is 24.1. The highest BCUT2D eigenvalue weighted by Gasteiger charge is 2.20. The van der Waals surface area contributed by atoms with Gasteiger partial charge in [-0.05, 0) is 74.2 Å². The summed E-state index contributed by atoms with van der Waals surface area (Å²) in [5.41, 5.74) is 0.258. The number of carbonyl (C=O) groups is 3. The third kappa shape index (κ3) is 10.5. The summed E-state index contributed by atoms with van der Waals surface area (Å²) < 4.78 is 27.7. The predicted molar refractivity (Wildman–Crippen MR) is 157 cm³/mol. The molecule has 0 radical (unpaired) electrons. The topological polar surface area (TPSA) is 112 Å². The molecular weight excluding hydrogens is 549 g/mol. The molecule has 0 spiro atoms. The molecule has 1 unspecified atom stereocenters. The van der Waals surface area contributed by atoms with Crippen LogP contribution in [-0.4, -0.2) is 25.0 Å². The van der Waals surface area contributed by atoms with Gasteiger partial charge in [-0.25, -0.2) is 9.59 Å². The fraction of sp³-hybridized carbons (Fsp3) is 0.355. The van der Waals surface area contributed by atoms with Crippen LogP contribution in [0.2, 0.25) is 0 Å². The van der Waals surface area contributed by atoms with Crippen molar-refractivity contribution in [2.75, 3.05) is 7.11 Å². The average molecular weight is 586 g/mol. The second-order valence-electron chi connectivity index (χ2n) is 9.50. The molecule has 1 amide bonds. The smallest absolute Gasteiger partial charge is 0.410 e. The number of methoxy groups -OCH3 is 1. The van der Waals surface area contributed by atoms with E-state index < -0.39 is 17.8 Å². The molecule has 0 fully saturated rings. The number of thiophene rings is 1. The normalized spacial score (nSPS) is 11.5. The number of Topliss-reactive ketones (excluding diaryl/α,β-unsaturated/α-hetero) is 1. The lowest BCUT2D eigenvalue weighted by Gasteiger charge is -2.12. The standard InChI is InChI=1S/C18H25NO5.C13H11FO2S/c1-11(2)16(20)15-13(4)10-14(24-17(15)21)12(3)8-6-7-9-19-18(22)23-5;1-2-11-7-8-12(17-11)16-10-5-3-9(4-6-10)13(14)15/h7,9-12H,6,8H2,1-5H3,(H,19,22);3-8H,2H2,1H3/b9-7+;. The van der Waals surface area contributed by atoms with E-state index in [0.29, 0.717) is 23.5 Å². The van der Waals surface area contributed by atoms with E-state index in [1.807, 2.05) is 19.1 Å². The Kier molecular flexibility index (Phi) is 13.2. The van der Waals surface area contributed by atoms with E-state index in [1.54, 1.807) is 56.4 Å². The van der Waals surface area contributed by atoms with Crippen LogP contribution in [0.3, 0.4) is 0 Å². The molecule has 0 aliphatic carbocycles. The number of nitrogens with one attached hydrogen (secondary N) is 1. The second kappa shape index (κ2) is 16.3. The van der Waals surface area contributed by atoms with Gasteiger partial charge in [-0.3, -0.25) is 14.9 Å². The van der Waals surface area contributed by atoms with Crippen LogP contribution >= 0.6 is 11.3 Å². The molecule has 1 atom stereocenters. The van der Waals surface area contributed by atoms with Crippen molar-refractivity contribution in [1.29, 1.82) is 0 Å². The largest absolute Gasteiger partial charge is 0.453 e. The number of benzene rings is 1. The van der Waals surface area contributed by atoms with Crippen molar-refractivity contribution >= 4 is 29.3 Å². The van der Waals surface area contributed by atoms with Crippen molar-refractivity contribution in [3.05, 3.63) is 92.5 Å². The number of ketones is 1. The molecule has 41 heavy (non-hydrogen) atoms. The monoisotopic (exact) mass is 585 g/mol. The molecule has 0 aliphatic heterocycles. The molecule has 220 valence electrons. The van der Waals surface area contributed by atoms with Crippen LogP contribution in [0.4, 0.5) is 9.18 Å². The van der Waals surface area contributed by atoms with Crippen molar-refractivity contribution in [2.45, 2.75) is 59.8 Å². The number of halogens is 1. The third-order valence-electron chi connectivity index (χ3n) is 5.98. The molecule has 0 saturated carbocycles. The van der Waals surface area contributed by atoms with Crippen LogP contribution in [0.25, 0.3) is 0 Å². The molecule has 3 rings (SSSR count). The Labute approximate surface area is 243 Å². The van der Waals surface area contributed by atoms with Gasteiger partial charge in [0, 0.05) is 22.9 Å². The fourth-order valence-electron chi connectivity index (χ4n) is 3.59. The summed E-state index contributed by atoms with van der Waals surface area (Å²) in [6.07, 6.45) is 5.20. The first-order chi connectivity index (χ1) is 19.5. The maximum atomic E-state index is 12.4. The summed E-state index contributed by atoms with van der Waals surface area (Å²) in [5, 5.41) is 3.23. The first kappa shape index (κ1) is 33.2. The molecule has 2 aromatic heterocycles. The molecular formula is C31H36FNO7S. The molecule has 0 aliphatic rings. The Bertz CT molecular complexity index is 1410. The van der Waals surface area contributed by atoms with Gasteiger partial charge in [0.05, 0.1) is 12.7 Å². The Morgan fingerprint density at radius 3 is 2.32 bits per heavy atom. The van der Waals surface area contributed by atoms with Crippen molar-refractivity contribution in [1.82, 2.24) is 5.32 Å². The van der Waals surface area contributed by atoms with Gasteiger partial charge >= 0.3 is 17.8 Å². The lowest BCUT2D eigenvalue weighted by molar-refractivity contribution is 0.0835. The number of carbonyl (C=O) groups excluding carboxylic acids is 3. The first-order valence-electron chi connectivity index (χ1n) is 13.2. The van der Waals surface area contributed by atoms with E-state index in [4.69, 9.17) is 9.15 Å². The van der Waals surface area contributed by atoms with Crippen LogP contribution in [-0.2, 0) is 11.2 Å². The molecule has 0 bridgehead atoms. The fourth-order valence-corrected chi connectivity index (χ4v) is 4.40. The van der Waals surface area contributed by atoms with Crippen LogP contribution in [0.15, 0.2) is 64.0 Å². The summed E-state index contributed by atoms with van der Waals surface area (Å²) in [6, 6.07) is 10.2. The molecule has 1 aromatic carbocycles. The van der Waals surface area contributed by atoms with Gasteiger partial charge < -0.3 is 13.9 Å². The zero-order chi connectivity index (χ0) is 30.5. The first-order valence-corrected chi connectivity index (χ1v) is 14.0.